The maximum Gasteiger partial charge on any atom is 0.0623 e. The van der Waals surface area contributed by atoms with Crippen LogP contribution in [-0.2, 0) is 0 Å². The van der Waals surface area contributed by atoms with Gasteiger partial charge in [-0.2, -0.15) is 0 Å². The summed E-state index contributed by atoms with van der Waals surface area (Å²) < 4.78 is 15.8. The standard InChI is InChI=1S/C24H19N/c1-4-10-20(11-5-1)21-16-18-24(19-17-21)25(22-12-6-2-7-13-22)23-14-8-3-9-15-23/h1-19H/i4T,6T. The molecule has 0 atom stereocenters. The lowest BCUT2D eigenvalue weighted by Gasteiger charge is -2.25. The van der Waals surface area contributed by atoms with Gasteiger partial charge in [0.15, 0.2) is 0 Å². The number of hydrogen-bond acceptors (Lipinski definition) is 1. The summed E-state index contributed by atoms with van der Waals surface area (Å²) in [5, 5.41) is 0. The Morgan fingerprint density at radius 2 is 0.960 bits per heavy atom. The quantitative estimate of drug-likeness (QED) is 0.398. The highest BCUT2D eigenvalue weighted by molar-refractivity contribution is 5.78. The van der Waals surface area contributed by atoms with Crippen LogP contribution in [0.1, 0.15) is 2.74 Å². The van der Waals surface area contributed by atoms with Crippen LogP contribution in [0.15, 0.2) is 115 Å². The van der Waals surface area contributed by atoms with Crippen molar-refractivity contribution < 1.29 is 2.74 Å². The third-order valence-electron chi connectivity index (χ3n) is 4.13. The highest BCUT2D eigenvalue weighted by Crippen LogP contribution is 2.35. The minimum absolute atomic E-state index is 0.484. The molecule has 0 saturated heterocycles. The van der Waals surface area contributed by atoms with Gasteiger partial charge < -0.3 is 4.90 Å². The predicted molar refractivity (Wildman–Crippen MR) is 107 cm³/mol. The zero-order valence-corrected chi connectivity index (χ0v) is 13.8. The summed E-state index contributed by atoms with van der Waals surface area (Å²) in [5.41, 5.74) is 5.14. The van der Waals surface area contributed by atoms with Gasteiger partial charge in [0.05, 0.1) is 2.74 Å². The van der Waals surface area contributed by atoms with Crippen molar-refractivity contribution in [3.63, 3.8) is 0 Å². The Balaban J connectivity index is 1.77. The Bertz CT molecular complexity index is 1040. The van der Waals surface area contributed by atoms with Crippen LogP contribution in [0, 0.1) is 0 Å². The van der Waals surface area contributed by atoms with E-state index in [2.05, 4.69) is 41.3 Å². The normalized spacial score (nSPS) is 11.5. The fourth-order valence-electron chi connectivity index (χ4n) is 2.92. The molecular weight excluding hydrogens is 302 g/mol. The molecule has 0 amide bonds. The van der Waals surface area contributed by atoms with E-state index < -0.39 is 0 Å². The van der Waals surface area contributed by atoms with Gasteiger partial charge in [0.1, 0.15) is 0 Å². The lowest BCUT2D eigenvalue weighted by atomic mass is 10.0. The third-order valence-corrected chi connectivity index (χ3v) is 4.13. The molecule has 0 aromatic heterocycles. The van der Waals surface area contributed by atoms with E-state index in [-0.39, 0.29) is 0 Å². The molecule has 0 radical (unpaired) electrons. The monoisotopic (exact) mass is 325 g/mol. The lowest BCUT2D eigenvalue weighted by molar-refractivity contribution is 1.28. The molecule has 0 saturated carbocycles. The fraction of sp³-hybridized carbons (Fsp3) is 0. The van der Waals surface area contributed by atoms with Crippen LogP contribution in [0.25, 0.3) is 11.1 Å². The molecule has 0 aliphatic heterocycles. The van der Waals surface area contributed by atoms with E-state index in [0.717, 1.165) is 28.2 Å². The molecule has 0 aliphatic rings. The summed E-state index contributed by atoms with van der Waals surface area (Å²) in [6.45, 7) is 0. The summed E-state index contributed by atoms with van der Waals surface area (Å²) >= 11 is 0. The van der Waals surface area contributed by atoms with Gasteiger partial charge in [0.2, 0.25) is 0 Å². The molecular formula is C24H19N. The van der Waals surface area contributed by atoms with Gasteiger partial charge in [-0.3, -0.25) is 0 Å². The van der Waals surface area contributed by atoms with E-state index in [9.17, 15) is 0 Å². The SMILES string of the molecule is [3H]c1cccc(-c2ccc(N(c3ccccc3)c3cccc([3H])c3)cc2)c1. The Labute approximate surface area is 151 Å². The zero-order chi connectivity index (χ0) is 18.6. The van der Waals surface area contributed by atoms with E-state index in [0.29, 0.717) is 12.1 Å². The van der Waals surface area contributed by atoms with Gasteiger partial charge >= 0.3 is 0 Å². The topological polar surface area (TPSA) is 3.24 Å². The first-order chi connectivity index (χ1) is 13.2. The van der Waals surface area contributed by atoms with E-state index in [1.54, 1.807) is 12.1 Å². The first-order valence-corrected chi connectivity index (χ1v) is 8.30. The van der Waals surface area contributed by atoms with Crippen molar-refractivity contribution in [2.75, 3.05) is 4.90 Å². The second-order valence-corrected chi connectivity index (χ2v) is 5.77. The molecule has 4 aromatic rings. The van der Waals surface area contributed by atoms with Gasteiger partial charge in [-0.15, -0.1) is 0 Å². The van der Waals surface area contributed by atoms with Crippen LogP contribution in [0.3, 0.4) is 0 Å². The predicted octanol–water partition coefficient (Wildman–Crippen LogP) is 6.82. The minimum atomic E-state index is 0.484. The van der Waals surface area contributed by atoms with Gasteiger partial charge in [-0.25, -0.2) is 0 Å². The summed E-state index contributed by atoms with van der Waals surface area (Å²) in [7, 11) is 0. The van der Waals surface area contributed by atoms with Crippen molar-refractivity contribution >= 4 is 17.1 Å². The van der Waals surface area contributed by atoms with Crippen LogP contribution >= 0.6 is 0 Å². The molecule has 0 N–H and O–H groups in total. The van der Waals surface area contributed by atoms with Gasteiger partial charge in [-0.1, -0.05) is 78.8 Å². The first kappa shape index (κ1) is 13.0. The van der Waals surface area contributed by atoms with Crippen molar-refractivity contribution in [2.45, 2.75) is 0 Å². The number of benzene rings is 4. The first-order valence-electron chi connectivity index (χ1n) is 9.30. The molecule has 0 unspecified atom stereocenters. The molecule has 4 aromatic carbocycles. The molecule has 1 heteroatoms. The molecule has 0 bridgehead atoms. The van der Waals surface area contributed by atoms with Crippen molar-refractivity contribution in [2.24, 2.45) is 0 Å². The number of hydrogen-bond donors (Lipinski definition) is 0. The van der Waals surface area contributed by atoms with Crippen molar-refractivity contribution in [3.8, 4) is 11.1 Å². The average molecular weight is 325 g/mol. The smallest absolute Gasteiger partial charge is 0.0623 e. The van der Waals surface area contributed by atoms with E-state index in [4.69, 9.17) is 2.74 Å². The molecule has 0 spiro atoms. The van der Waals surface area contributed by atoms with E-state index in [1.807, 2.05) is 54.6 Å². The molecule has 0 fully saturated rings. The number of anilines is 3. The summed E-state index contributed by atoms with van der Waals surface area (Å²) in [4.78, 5) is 2.14. The second-order valence-electron chi connectivity index (χ2n) is 5.77. The van der Waals surface area contributed by atoms with Crippen LogP contribution in [0.5, 0.6) is 0 Å². The van der Waals surface area contributed by atoms with E-state index >= 15 is 0 Å². The van der Waals surface area contributed by atoms with Gasteiger partial charge in [0, 0.05) is 17.1 Å². The zero-order valence-electron chi connectivity index (χ0n) is 15.8. The Hall–Kier alpha value is -3.32. The van der Waals surface area contributed by atoms with Crippen molar-refractivity contribution in [3.05, 3.63) is 115 Å². The van der Waals surface area contributed by atoms with E-state index in [1.165, 1.54) is 0 Å². The molecule has 1 nitrogen and oxygen atoms in total. The van der Waals surface area contributed by atoms with Crippen molar-refractivity contribution in [1.29, 1.82) is 0 Å². The van der Waals surface area contributed by atoms with Crippen molar-refractivity contribution in [1.82, 2.24) is 0 Å². The van der Waals surface area contributed by atoms with Crippen LogP contribution in [0.4, 0.5) is 17.1 Å². The maximum absolute atomic E-state index is 7.98. The molecule has 120 valence electrons. The number of para-hydroxylation sites is 2. The minimum Gasteiger partial charge on any atom is -0.311 e. The Kier molecular flexibility index (Phi) is 3.68. The maximum atomic E-state index is 7.98. The second kappa shape index (κ2) is 7.06. The summed E-state index contributed by atoms with van der Waals surface area (Å²) in [6.07, 6.45) is 0. The lowest BCUT2D eigenvalue weighted by Crippen LogP contribution is -2.09. The molecule has 25 heavy (non-hydrogen) atoms. The molecule has 0 heterocycles. The highest BCUT2D eigenvalue weighted by atomic mass is 15.1. The largest absolute Gasteiger partial charge is 0.311 e. The molecule has 4 rings (SSSR count). The summed E-state index contributed by atoms with van der Waals surface area (Å²) in [6, 6.07) is 34.6. The molecule has 0 aliphatic carbocycles. The van der Waals surface area contributed by atoms with Crippen LogP contribution in [-0.4, -0.2) is 0 Å². The van der Waals surface area contributed by atoms with Crippen LogP contribution < -0.4 is 4.90 Å². The third kappa shape index (κ3) is 3.31. The van der Waals surface area contributed by atoms with Gasteiger partial charge in [-0.05, 0) is 47.5 Å². The number of nitrogens with zero attached hydrogens (tertiary/aromatic N) is 1. The van der Waals surface area contributed by atoms with Gasteiger partial charge in [0.25, 0.3) is 0 Å². The highest BCUT2D eigenvalue weighted by Gasteiger charge is 2.11. The number of rotatable bonds is 4. The van der Waals surface area contributed by atoms with Crippen LogP contribution in [0.2, 0.25) is 0 Å². The Morgan fingerprint density at radius 1 is 0.440 bits per heavy atom. The summed E-state index contributed by atoms with van der Waals surface area (Å²) in [5.74, 6) is 0. The average Bonchev–Trinajstić information content (AvgIpc) is 2.70. The fourth-order valence-corrected chi connectivity index (χ4v) is 2.92. The Morgan fingerprint density at radius 3 is 1.64 bits per heavy atom.